The van der Waals surface area contributed by atoms with Crippen molar-refractivity contribution in [3.63, 3.8) is 0 Å². The van der Waals surface area contributed by atoms with E-state index in [9.17, 15) is 9.59 Å². The maximum atomic E-state index is 12.9. The molecule has 1 fully saturated rings. The number of fused-ring (bicyclic) bond motifs is 1. The Morgan fingerprint density at radius 3 is 2.11 bits per heavy atom. The van der Waals surface area contributed by atoms with E-state index in [4.69, 9.17) is 10.5 Å². The molecule has 0 saturated carbocycles. The van der Waals surface area contributed by atoms with Gasteiger partial charge in [-0.1, -0.05) is 61.9 Å². The van der Waals surface area contributed by atoms with Gasteiger partial charge in [0.2, 0.25) is 5.78 Å². The zero-order valence-electron chi connectivity index (χ0n) is 21.7. The fourth-order valence-corrected chi connectivity index (χ4v) is 4.85. The highest BCUT2D eigenvalue weighted by Crippen LogP contribution is 2.31. The van der Waals surface area contributed by atoms with Crippen molar-refractivity contribution in [2.45, 2.75) is 52.1 Å². The minimum absolute atomic E-state index is 0. The normalized spacial score (nSPS) is 15.3. The molecule has 0 bridgehead atoms. The number of hydrogen-bond donors (Lipinski definition) is 1. The van der Waals surface area contributed by atoms with Crippen molar-refractivity contribution in [3.05, 3.63) is 65.2 Å². The molecule has 2 aromatic carbocycles. The third-order valence-electron chi connectivity index (χ3n) is 6.99. The summed E-state index contributed by atoms with van der Waals surface area (Å²) in [5, 5.41) is 0. The molecule has 9 heteroatoms. The fourth-order valence-electron chi connectivity index (χ4n) is 4.85. The average molecular weight is 536 g/mol. The Bertz CT molecular complexity index is 1270. The van der Waals surface area contributed by atoms with Crippen molar-refractivity contribution >= 4 is 35.7 Å². The van der Waals surface area contributed by atoms with Crippen LogP contribution in [0.1, 0.15) is 49.3 Å². The number of halogens is 1. The summed E-state index contributed by atoms with van der Waals surface area (Å²) in [4.78, 5) is 37.8. The lowest BCUT2D eigenvalue weighted by Crippen LogP contribution is -2.42. The van der Waals surface area contributed by atoms with Crippen LogP contribution >= 0.6 is 12.4 Å². The van der Waals surface area contributed by atoms with Crippen LogP contribution in [0.3, 0.4) is 0 Å². The number of benzene rings is 2. The number of likely N-dealkylation sites (tertiary alicyclic amines) is 1. The van der Waals surface area contributed by atoms with Gasteiger partial charge < -0.3 is 10.5 Å². The molecule has 38 heavy (non-hydrogen) atoms. The van der Waals surface area contributed by atoms with E-state index in [0.717, 1.165) is 36.1 Å². The Morgan fingerprint density at radius 1 is 0.895 bits per heavy atom. The lowest BCUT2D eigenvalue weighted by atomic mass is 10.0. The first-order chi connectivity index (χ1) is 18.0. The predicted molar refractivity (Wildman–Crippen MR) is 150 cm³/mol. The molecule has 1 amide bonds. The molecule has 3 aromatic rings. The number of nitrogens with two attached hydrogens (primary N) is 1. The van der Waals surface area contributed by atoms with E-state index in [-0.39, 0.29) is 37.2 Å². The smallest absolute Gasteiger partial charge is 0.320 e. The van der Waals surface area contributed by atoms with Gasteiger partial charge in [-0.05, 0) is 54.6 Å². The number of hydrogen-bond acceptors (Lipinski definition) is 7. The molecule has 1 saturated heterocycles. The van der Waals surface area contributed by atoms with Crippen LogP contribution in [-0.2, 0) is 29.1 Å². The van der Waals surface area contributed by atoms with Crippen molar-refractivity contribution < 1.29 is 14.3 Å². The van der Waals surface area contributed by atoms with E-state index in [2.05, 4.69) is 46.1 Å². The summed E-state index contributed by atoms with van der Waals surface area (Å²) in [7, 11) is 0. The van der Waals surface area contributed by atoms with Crippen LogP contribution in [0.15, 0.2) is 48.5 Å². The summed E-state index contributed by atoms with van der Waals surface area (Å²) in [6, 6.07) is 16.9. The largest absolute Gasteiger partial charge is 0.463 e. The molecule has 0 spiro atoms. The van der Waals surface area contributed by atoms with E-state index < -0.39 is 11.7 Å². The molecular weight excluding hydrogens is 502 g/mol. The number of amides is 1. The Morgan fingerprint density at radius 2 is 1.50 bits per heavy atom. The van der Waals surface area contributed by atoms with Crippen molar-refractivity contribution in [2.75, 3.05) is 30.3 Å². The number of ketones is 1. The second kappa shape index (κ2) is 12.4. The van der Waals surface area contributed by atoms with Crippen LogP contribution in [-0.4, -0.2) is 46.3 Å². The summed E-state index contributed by atoms with van der Waals surface area (Å²) in [6.45, 7) is 6.10. The number of anilines is 2. The lowest BCUT2D eigenvalue weighted by molar-refractivity contribution is -0.136. The summed E-state index contributed by atoms with van der Waals surface area (Å²) in [5.41, 5.74) is 11.0. The number of unbranched alkanes of at least 4 members (excludes halogenated alkanes) is 1. The Balaban J connectivity index is 0.00000336. The maximum absolute atomic E-state index is 12.9. The number of rotatable bonds is 9. The van der Waals surface area contributed by atoms with Crippen LogP contribution < -0.4 is 15.4 Å². The molecule has 0 unspecified atom stereocenters. The van der Waals surface area contributed by atoms with E-state index in [1.54, 1.807) is 0 Å². The topological polar surface area (TPSA) is 102 Å². The highest BCUT2D eigenvalue weighted by Gasteiger charge is 2.35. The third kappa shape index (κ3) is 6.14. The van der Waals surface area contributed by atoms with Gasteiger partial charge in [0.15, 0.2) is 0 Å². The van der Waals surface area contributed by atoms with Crippen LogP contribution in [0.25, 0.3) is 11.1 Å². The second-order valence-electron chi connectivity index (χ2n) is 9.76. The highest BCUT2D eigenvalue weighted by molar-refractivity contribution is 6.43. The van der Waals surface area contributed by atoms with Gasteiger partial charge in [0.1, 0.15) is 11.6 Å². The van der Waals surface area contributed by atoms with Gasteiger partial charge >= 0.3 is 6.01 Å². The number of Topliss-reactive ketones (excluding diaryl/α,β-unsaturated/α-hetero) is 1. The second-order valence-corrected chi connectivity index (χ2v) is 9.76. The highest BCUT2D eigenvalue weighted by atomic mass is 35.5. The van der Waals surface area contributed by atoms with E-state index in [0.29, 0.717) is 18.0 Å². The Labute approximate surface area is 229 Å². The van der Waals surface area contributed by atoms with E-state index >= 15 is 0 Å². The summed E-state index contributed by atoms with van der Waals surface area (Å²) >= 11 is 0. The lowest BCUT2D eigenvalue weighted by Gasteiger charge is -2.28. The first kappa shape index (κ1) is 27.5. The van der Waals surface area contributed by atoms with Gasteiger partial charge in [-0.15, -0.1) is 12.4 Å². The number of aromatic nitrogens is 2. The number of ether oxygens (including phenoxy) is 1. The number of nitrogens with zero attached hydrogens (tertiary/aromatic N) is 4. The van der Waals surface area contributed by atoms with E-state index in [1.165, 1.54) is 36.4 Å². The summed E-state index contributed by atoms with van der Waals surface area (Å²) < 4.78 is 5.64. The predicted octanol–water partition coefficient (Wildman–Crippen LogP) is 4.58. The van der Waals surface area contributed by atoms with Crippen LogP contribution in [0.5, 0.6) is 6.01 Å². The van der Waals surface area contributed by atoms with Gasteiger partial charge in [0.05, 0.1) is 13.2 Å². The van der Waals surface area contributed by atoms with Crippen molar-refractivity contribution in [1.29, 1.82) is 0 Å². The molecule has 200 valence electrons. The minimum Gasteiger partial charge on any atom is -0.463 e. The van der Waals surface area contributed by atoms with E-state index in [1.807, 2.05) is 24.3 Å². The van der Waals surface area contributed by atoms with Crippen LogP contribution in [0, 0.1) is 0 Å². The van der Waals surface area contributed by atoms with Crippen molar-refractivity contribution in [3.8, 4) is 17.1 Å². The molecule has 0 radical (unpaired) electrons. The van der Waals surface area contributed by atoms with Gasteiger partial charge in [0.25, 0.3) is 5.91 Å². The molecule has 2 N–H and O–H groups in total. The van der Waals surface area contributed by atoms with Crippen molar-refractivity contribution in [1.82, 2.24) is 14.9 Å². The van der Waals surface area contributed by atoms with Crippen LogP contribution in [0.2, 0.25) is 0 Å². The zero-order chi connectivity index (χ0) is 25.8. The first-order valence-electron chi connectivity index (χ1n) is 13.1. The first-order valence-corrected chi connectivity index (χ1v) is 13.1. The fraction of sp³-hybridized carbons (Fsp3) is 0.379. The number of carbonyl (C=O) groups excluding carboxylic acids is 2. The number of nitrogen functional groups attached to an aromatic ring is 1. The molecule has 5 rings (SSSR count). The van der Waals surface area contributed by atoms with Gasteiger partial charge in [-0.25, -0.2) is 0 Å². The molecule has 3 heterocycles. The Kier molecular flexibility index (Phi) is 8.97. The van der Waals surface area contributed by atoms with Gasteiger partial charge in [-0.3, -0.25) is 19.4 Å². The van der Waals surface area contributed by atoms with Crippen LogP contribution in [0.4, 0.5) is 11.6 Å². The molecular formula is C29H34ClN5O3. The number of carbonyl (C=O) groups is 2. The zero-order valence-corrected chi connectivity index (χ0v) is 22.5. The average Bonchev–Trinajstić information content (AvgIpc) is 3.42. The standard InChI is InChI=1S/C29H33N5O3.ClH/c1-2-3-16-37-29-31-26(30)24-17-25(35)28(36)34(27(24)32-29)19-21-8-12-23(13-9-21)22-10-6-20(7-11-22)18-33-14-4-5-15-33;/h6-13H,2-5,14-19H2,1H3,(H2,30,31,32);1H. The molecule has 0 aliphatic carbocycles. The summed E-state index contributed by atoms with van der Waals surface area (Å²) in [6.07, 6.45) is 4.31. The molecule has 2 aliphatic heterocycles. The Hall–Kier alpha value is -3.49. The molecule has 2 aliphatic rings. The van der Waals surface area contributed by atoms with Crippen molar-refractivity contribution in [2.24, 2.45) is 0 Å². The molecule has 0 atom stereocenters. The summed E-state index contributed by atoms with van der Waals surface area (Å²) in [5.74, 6) is -0.594. The third-order valence-corrected chi connectivity index (χ3v) is 6.99. The maximum Gasteiger partial charge on any atom is 0.320 e. The monoisotopic (exact) mass is 535 g/mol. The van der Waals surface area contributed by atoms with Gasteiger partial charge in [0, 0.05) is 18.5 Å². The van der Waals surface area contributed by atoms with Gasteiger partial charge in [-0.2, -0.15) is 9.97 Å². The molecule has 1 aromatic heterocycles. The minimum atomic E-state index is -0.595. The quantitative estimate of drug-likeness (QED) is 0.316. The molecule has 8 nitrogen and oxygen atoms in total. The SMILES string of the molecule is CCCCOc1nc(N)c2c(n1)N(Cc1ccc(-c3ccc(CN4CCCC4)cc3)cc1)C(=O)C(=O)C2.Cl.